The van der Waals surface area contributed by atoms with Crippen LogP contribution in [0.3, 0.4) is 0 Å². The number of pyridine rings is 2. The molecule has 180 valence electrons. The molecule has 0 atom stereocenters. The van der Waals surface area contributed by atoms with Gasteiger partial charge in [-0.15, -0.1) is 0 Å². The van der Waals surface area contributed by atoms with Crippen LogP contribution in [-0.2, 0) is 18.3 Å². The molecule has 3 rings (SSSR count). The summed E-state index contributed by atoms with van der Waals surface area (Å²) in [6.45, 7) is -1.70. The normalized spacial score (nSPS) is 12.5. The largest absolute Gasteiger partial charge is 0.434 e. The van der Waals surface area contributed by atoms with Crippen LogP contribution in [0, 0.1) is 0 Å². The number of hydrogen-bond acceptors (Lipinski definition) is 3. The van der Waals surface area contributed by atoms with Gasteiger partial charge < -0.3 is 5.32 Å². The first kappa shape index (κ1) is 25.3. The quantitative estimate of drug-likeness (QED) is 0.407. The first-order valence-corrected chi connectivity index (χ1v) is 9.59. The highest BCUT2D eigenvalue weighted by molar-refractivity contribution is 6.30. The Kier molecular flexibility index (Phi) is 6.83. The average molecular weight is 510 g/mol. The van der Waals surface area contributed by atoms with E-state index in [1.165, 1.54) is 18.5 Å². The van der Waals surface area contributed by atoms with E-state index in [0.717, 1.165) is 18.3 Å². The highest BCUT2D eigenvalue weighted by Gasteiger charge is 2.43. The zero-order valence-electron chi connectivity index (χ0n) is 16.6. The van der Waals surface area contributed by atoms with Crippen LogP contribution in [0.5, 0.6) is 0 Å². The standard InChI is InChI=1S/C21H12ClF8N3O/c22-13-6-12(8-31-9-13)11-3-4-15(16(7-11)20(25,26)27)19(23,24)10-33-18(34)14-2-1-5-32-17(14)21(28,29)30/h1-9H,10H2,(H,33,34). The van der Waals surface area contributed by atoms with E-state index in [1.807, 2.05) is 0 Å². The molecule has 1 aromatic carbocycles. The highest BCUT2D eigenvalue weighted by atomic mass is 35.5. The SMILES string of the molecule is O=C(NCC(F)(F)c1ccc(-c2cncc(Cl)c2)cc1C(F)(F)F)c1cccnc1C(F)(F)F. The third-order valence-electron chi connectivity index (χ3n) is 4.55. The van der Waals surface area contributed by atoms with Crippen molar-refractivity contribution >= 4 is 17.5 Å². The Bertz CT molecular complexity index is 1210. The first-order valence-electron chi connectivity index (χ1n) is 9.21. The maximum atomic E-state index is 14.8. The smallest absolute Gasteiger partial charge is 0.346 e. The number of benzene rings is 1. The average Bonchev–Trinajstić information content (AvgIpc) is 2.76. The number of alkyl halides is 8. The molecule has 1 amide bonds. The van der Waals surface area contributed by atoms with Gasteiger partial charge in [-0.05, 0) is 29.8 Å². The number of rotatable bonds is 5. The van der Waals surface area contributed by atoms with Gasteiger partial charge in [0.2, 0.25) is 0 Å². The fourth-order valence-corrected chi connectivity index (χ4v) is 3.22. The molecule has 0 spiro atoms. The molecule has 2 aromatic heterocycles. The number of amides is 1. The van der Waals surface area contributed by atoms with Crippen LogP contribution in [0.2, 0.25) is 5.02 Å². The van der Waals surface area contributed by atoms with Crippen molar-refractivity contribution < 1.29 is 39.9 Å². The van der Waals surface area contributed by atoms with Crippen molar-refractivity contribution in [3.63, 3.8) is 0 Å². The van der Waals surface area contributed by atoms with Gasteiger partial charge in [-0.1, -0.05) is 23.7 Å². The maximum absolute atomic E-state index is 14.8. The first-order chi connectivity index (χ1) is 15.7. The number of nitrogens with zero attached hydrogens (tertiary/aromatic N) is 2. The highest BCUT2D eigenvalue weighted by Crippen LogP contribution is 2.41. The predicted molar refractivity (Wildman–Crippen MR) is 105 cm³/mol. The summed E-state index contributed by atoms with van der Waals surface area (Å²) in [7, 11) is 0. The minimum Gasteiger partial charge on any atom is -0.346 e. The fraction of sp³-hybridized carbons (Fsp3) is 0.190. The summed E-state index contributed by atoms with van der Waals surface area (Å²) < 4.78 is 109. The maximum Gasteiger partial charge on any atom is 0.434 e. The van der Waals surface area contributed by atoms with Crippen LogP contribution in [0.25, 0.3) is 11.1 Å². The van der Waals surface area contributed by atoms with Crippen molar-refractivity contribution in [1.82, 2.24) is 15.3 Å². The summed E-state index contributed by atoms with van der Waals surface area (Å²) >= 11 is 5.77. The van der Waals surface area contributed by atoms with Crippen LogP contribution in [0.1, 0.15) is 27.2 Å². The number of carbonyl (C=O) groups excluding carboxylic acids is 1. The molecule has 2 heterocycles. The van der Waals surface area contributed by atoms with E-state index < -0.39 is 53.1 Å². The minimum atomic E-state index is -5.21. The summed E-state index contributed by atoms with van der Waals surface area (Å²) in [5.41, 5.74) is -5.80. The molecule has 1 N–H and O–H groups in total. The number of hydrogen-bond donors (Lipinski definition) is 1. The summed E-state index contributed by atoms with van der Waals surface area (Å²) in [4.78, 5) is 18.9. The van der Waals surface area contributed by atoms with Crippen LogP contribution < -0.4 is 5.32 Å². The van der Waals surface area contributed by atoms with Gasteiger partial charge in [-0.25, -0.2) is 0 Å². The van der Waals surface area contributed by atoms with E-state index in [4.69, 9.17) is 11.6 Å². The summed E-state index contributed by atoms with van der Waals surface area (Å²) in [6, 6.07) is 4.95. The minimum absolute atomic E-state index is 0.101. The van der Waals surface area contributed by atoms with Crippen LogP contribution in [0.15, 0.2) is 55.0 Å². The molecule has 13 heteroatoms. The van der Waals surface area contributed by atoms with E-state index in [2.05, 4.69) is 9.97 Å². The molecule has 34 heavy (non-hydrogen) atoms. The molecule has 0 aliphatic heterocycles. The van der Waals surface area contributed by atoms with Gasteiger partial charge in [0.05, 0.1) is 22.7 Å². The van der Waals surface area contributed by atoms with Gasteiger partial charge in [-0.3, -0.25) is 14.8 Å². The van der Waals surface area contributed by atoms with Gasteiger partial charge in [0.1, 0.15) is 0 Å². The lowest BCUT2D eigenvalue weighted by Crippen LogP contribution is -2.37. The molecule has 0 aliphatic rings. The second kappa shape index (κ2) is 9.16. The number of aromatic nitrogens is 2. The zero-order chi connectivity index (χ0) is 25.3. The molecule has 4 nitrogen and oxygen atoms in total. The lowest BCUT2D eigenvalue weighted by atomic mass is 9.95. The Morgan fingerprint density at radius 3 is 2.21 bits per heavy atom. The fourth-order valence-electron chi connectivity index (χ4n) is 3.04. The molecule has 0 fully saturated rings. The van der Waals surface area contributed by atoms with Crippen molar-refractivity contribution in [1.29, 1.82) is 0 Å². The van der Waals surface area contributed by atoms with E-state index in [1.54, 1.807) is 5.32 Å². The monoisotopic (exact) mass is 509 g/mol. The van der Waals surface area contributed by atoms with E-state index in [9.17, 15) is 39.9 Å². The van der Waals surface area contributed by atoms with Crippen molar-refractivity contribution in [2.75, 3.05) is 6.54 Å². The molecule has 0 radical (unpaired) electrons. The van der Waals surface area contributed by atoms with Gasteiger partial charge in [0.15, 0.2) is 5.69 Å². The van der Waals surface area contributed by atoms with Gasteiger partial charge >= 0.3 is 12.4 Å². The Balaban J connectivity index is 1.92. The second-order valence-corrected chi connectivity index (χ2v) is 7.37. The second-order valence-electron chi connectivity index (χ2n) is 6.93. The zero-order valence-corrected chi connectivity index (χ0v) is 17.4. The molecule has 0 saturated carbocycles. The predicted octanol–water partition coefficient (Wildman–Crippen LogP) is 6.36. The molecule has 0 unspecified atom stereocenters. The molecular weight excluding hydrogens is 498 g/mol. The Morgan fingerprint density at radius 1 is 0.882 bits per heavy atom. The number of halogens is 9. The third kappa shape index (κ3) is 5.61. The van der Waals surface area contributed by atoms with Crippen LogP contribution in [0.4, 0.5) is 35.1 Å². The molecule has 0 saturated heterocycles. The van der Waals surface area contributed by atoms with Crippen molar-refractivity contribution in [3.8, 4) is 11.1 Å². The van der Waals surface area contributed by atoms with Gasteiger partial charge in [0.25, 0.3) is 11.8 Å². The van der Waals surface area contributed by atoms with Crippen molar-refractivity contribution in [3.05, 3.63) is 82.4 Å². The number of nitrogens with one attached hydrogen (secondary N) is 1. The van der Waals surface area contributed by atoms with E-state index in [-0.39, 0.29) is 16.1 Å². The van der Waals surface area contributed by atoms with Crippen LogP contribution in [-0.4, -0.2) is 22.4 Å². The lowest BCUT2D eigenvalue weighted by Gasteiger charge is -2.23. The topological polar surface area (TPSA) is 54.9 Å². The summed E-state index contributed by atoms with van der Waals surface area (Å²) in [5.74, 6) is -5.86. The molecule has 0 aliphatic carbocycles. The summed E-state index contributed by atoms with van der Waals surface area (Å²) in [5, 5.41) is 1.67. The molecule has 0 bridgehead atoms. The summed E-state index contributed by atoms with van der Waals surface area (Å²) in [6.07, 6.45) is -7.09. The van der Waals surface area contributed by atoms with Crippen LogP contribution >= 0.6 is 11.6 Å². The molecular formula is C21H12ClF8N3O. The third-order valence-corrected chi connectivity index (χ3v) is 4.76. The van der Waals surface area contributed by atoms with Crippen molar-refractivity contribution in [2.24, 2.45) is 0 Å². The van der Waals surface area contributed by atoms with Gasteiger partial charge in [0, 0.05) is 29.7 Å². The lowest BCUT2D eigenvalue weighted by molar-refractivity contribution is -0.142. The Morgan fingerprint density at radius 2 is 1.59 bits per heavy atom. The van der Waals surface area contributed by atoms with E-state index in [0.29, 0.717) is 18.2 Å². The Hall–Kier alpha value is -3.28. The van der Waals surface area contributed by atoms with Gasteiger partial charge in [-0.2, -0.15) is 35.1 Å². The molecule has 3 aromatic rings. The van der Waals surface area contributed by atoms with E-state index >= 15 is 0 Å². The Labute approximate surface area is 191 Å². The number of carbonyl (C=O) groups is 1. The van der Waals surface area contributed by atoms with Crippen molar-refractivity contribution in [2.45, 2.75) is 18.3 Å².